The molecule has 0 radical (unpaired) electrons. The van der Waals surface area contributed by atoms with E-state index in [0.717, 1.165) is 21.5 Å². The Morgan fingerprint density at radius 1 is 1.61 bits per heavy atom. The second-order valence-electron chi connectivity index (χ2n) is 3.90. The largest absolute Gasteiger partial charge is 0.397 e. The van der Waals surface area contributed by atoms with Crippen molar-refractivity contribution < 1.29 is 4.79 Å². The maximum atomic E-state index is 12.0. The molecule has 0 aliphatic heterocycles. The Bertz CT molecular complexity index is 580. The van der Waals surface area contributed by atoms with Gasteiger partial charge in [-0.05, 0) is 24.8 Å². The van der Waals surface area contributed by atoms with Crippen molar-refractivity contribution in [3.8, 4) is 0 Å². The Balaban J connectivity index is 2.31. The normalized spacial score (nSPS) is 10.8. The van der Waals surface area contributed by atoms with Crippen LogP contribution in [0.4, 0.5) is 5.69 Å². The number of hydrogen-bond acceptors (Lipinski definition) is 5. The highest BCUT2D eigenvalue weighted by Gasteiger charge is 2.17. The molecule has 96 valence electrons. The lowest BCUT2D eigenvalue weighted by Crippen LogP contribution is -2.25. The molecule has 3 N–H and O–H groups in total. The molecule has 0 aliphatic carbocycles. The number of carbonyl (C=O) groups is 1. The van der Waals surface area contributed by atoms with Gasteiger partial charge in [-0.25, -0.2) is 4.98 Å². The molecule has 2 heterocycles. The van der Waals surface area contributed by atoms with Gasteiger partial charge in [-0.3, -0.25) is 4.79 Å². The van der Waals surface area contributed by atoms with Crippen LogP contribution >= 0.6 is 23.1 Å². The summed E-state index contributed by atoms with van der Waals surface area (Å²) in [5.41, 5.74) is 7.65. The number of nitrogens with one attached hydrogen (secondary N) is 1. The lowest BCUT2D eigenvalue weighted by atomic mass is 10.2. The number of pyridine rings is 1. The van der Waals surface area contributed by atoms with Gasteiger partial charge in [0.15, 0.2) is 0 Å². The van der Waals surface area contributed by atoms with E-state index in [-0.39, 0.29) is 5.91 Å². The Morgan fingerprint density at radius 2 is 2.39 bits per heavy atom. The molecule has 0 saturated heterocycles. The Labute approximate surface area is 114 Å². The van der Waals surface area contributed by atoms with Crippen LogP contribution in [-0.4, -0.2) is 29.4 Å². The van der Waals surface area contributed by atoms with Crippen molar-refractivity contribution in [2.24, 2.45) is 0 Å². The number of thioether (sulfide) groups is 1. The Hall–Kier alpha value is -1.27. The van der Waals surface area contributed by atoms with Crippen LogP contribution in [0.5, 0.6) is 0 Å². The molecule has 0 saturated carbocycles. The van der Waals surface area contributed by atoms with E-state index in [0.29, 0.717) is 17.1 Å². The third-order valence-electron chi connectivity index (χ3n) is 2.64. The smallest absolute Gasteiger partial charge is 0.263 e. The fourth-order valence-corrected chi connectivity index (χ4v) is 3.08. The predicted octanol–water partition coefficient (Wildman–Crippen LogP) is 2.28. The summed E-state index contributed by atoms with van der Waals surface area (Å²) in [5.74, 6) is 0.789. The molecule has 1 amide bonds. The summed E-state index contributed by atoms with van der Waals surface area (Å²) in [6.07, 6.45) is 3.75. The van der Waals surface area contributed by atoms with Gasteiger partial charge in [0.1, 0.15) is 9.71 Å². The van der Waals surface area contributed by atoms with Gasteiger partial charge in [-0.1, -0.05) is 0 Å². The standard InChI is InChI=1S/C12H15N3OS2/c1-7-3-4-15-12-8(7)9(13)10(18-12)11(16)14-5-6-17-2/h3-4H,5-6,13H2,1-2H3,(H,14,16). The number of aromatic nitrogens is 1. The number of nitrogen functional groups attached to an aromatic ring is 1. The predicted molar refractivity (Wildman–Crippen MR) is 79.5 cm³/mol. The number of amides is 1. The molecule has 0 spiro atoms. The molecular weight excluding hydrogens is 266 g/mol. The van der Waals surface area contributed by atoms with E-state index in [2.05, 4.69) is 10.3 Å². The van der Waals surface area contributed by atoms with Gasteiger partial charge in [-0.2, -0.15) is 11.8 Å². The van der Waals surface area contributed by atoms with Crippen molar-refractivity contribution in [2.75, 3.05) is 24.3 Å². The van der Waals surface area contributed by atoms with Crippen molar-refractivity contribution in [3.63, 3.8) is 0 Å². The number of rotatable bonds is 4. The fraction of sp³-hybridized carbons (Fsp3) is 0.333. The second kappa shape index (κ2) is 5.58. The van der Waals surface area contributed by atoms with Crippen LogP contribution in [0.3, 0.4) is 0 Å². The molecule has 6 heteroatoms. The van der Waals surface area contributed by atoms with Gasteiger partial charge < -0.3 is 11.1 Å². The van der Waals surface area contributed by atoms with Crippen molar-refractivity contribution in [2.45, 2.75) is 6.92 Å². The number of anilines is 1. The maximum absolute atomic E-state index is 12.0. The summed E-state index contributed by atoms with van der Waals surface area (Å²) >= 11 is 3.04. The third kappa shape index (κ3) is 2.44. The van der Waals surface area contributed by atoms with Crippen molar-refractivity contribution >= 4 is 44.9 Å². The summed E-state index contributed by atoms with van der Waals surface area (Å²) in [4.78, 5) is 17.6. The molecule has 0 unspecified atom stereocenters. The average Bonchev–Trinajstić information content (AvgIpc) is 2.68. The highest BCUT2D eigenvalue weighted by Crippen LogP contribution is 2.34. The zero-order valence-corrected chi connectivity index (χ0v) is 12.0. The first-order valence-electron chi connectivity index (χ1n) is 5.56. The highest BCUT2D eigenvalue weighted by atomic mass is 32.2. The third-order valence-corrected chi connectivity index (χ3v) is 4.36. The minimum absolute atomic E-state index is 0.107. The molecule has 4 nitrogen and oxygen atoms in total. The summed E-state index contributed by atoms with van der Waals surface area (Å²) in [6, 6.07) is 1.90. The molecule has 0 fully saturated rings. The highest BCUT2D eigenvalue weighted by molar-refractivity contribution is 7.98. The SMILES string of the molecule is CSCCNC(=O)c1sc2nccc(C)c2c1N. The van der Waals surface area contributed by atoms with E-state index in [1.54, 1.807) is 18.0 Å². The molecule has 0 aromatic carbocycles. The summed E-state index contributed by atoms with van der Waals surface area (Å²) in [7, 11) is 0. The Morgan fingerprint density at radius 3 is 3.06 bits per heavy atom. The second-order valence-corrected chi connectivity index (χ2v) is 5.89. The number of nitrogens with zero attached hydrogens (tertiary/aromatic N) is 1. The minimum atomic E-state index is -0.107. The lowest BCUT2D eigenvalue weighted by molar-refractivity contribution is 0.0961. The van der Waals surface area contributed by atoms with Gasteiger partial charge in [0.25, 0.3) is 5.91 Å². The van der Waals surface area contributed by atoms with Gasteiger partial charge in [0.05, 0.1) is 5.69 Å². The van der Waals surface area contributed by atoms with Crippen LogP contribution in [-0.2, 0) is 0 Å². The van der Waals surface area contributed by atoms with E-state index < -0.39 is 0 Å². The number of hydrogen-bond donors (Lipinski definition) is 2. The fourth-order valence-electron chi connectivity index (χ4n) is 1.72. The van der Waals surface area contributed by atoms with E-state index in [9.17, 15) is 4.79 Å². The molecular formula is C12H15N3OS2. The van der Waals surface area contributed by atoms with Crippen LogP contribution in [0.15, 0.2) is 12.3 Å². The zero-order chi connectivity index (χ0) is 13.1. The molecule has 18 heavy (non-hydrogen) atoms. The van der Waals surface area contributed by atoms with E-state index in [1.165, 1.54) is 11.3 Å². The van der Waals surface area contributed by atoms with Crippen LogP contribution in [0, 0.1) is 6.92 Å². The van der Waals surface area contributed by atoms with Crippen LogP contribution in [0.25, 0.3) is 10.2 Å². The number of aryl methyl sites for hydroxylation is 1. The maximum Gasteiger partial charge on any atom is 0.263 e. The van der Waals surface area contributed by atoms with Gasteiger partial charge >= 0.3 is 0 Å². The van der Waals surface area contributed by atoms with E-state index in [1.807, 2.05) is 19.2 Å². The zero-order valence-electron chi connectivity index (χ0n) is 10.3. The average molecular weight is 281 g/mol. The number of nitrogens with two attached hydrogens (primary N) is 1. The number of carbonyl (C=O) groups excluding carboxylic acids is 1. The summed E-state index contributed by atoms with van der Waals surface area (Å²) in [6.45, 7) is 2.63. The monoisotopic (exact) mass is 281 g/mol. The number of thiophene rings is 1. The molecule has 2 aromatic heterocycles. The first-order valence-corrected chi connectivity index (χ1v) is 7.77. The molecule has 0 bridgehead atoms. The topological polar surface area (TPSA) is 68.0 Å². The minimum Gasteiger partial charge on any atom is -0.397 e. The van der Waals surface area contributed by atoms with E-state index >= 15 is 0 Å². The first-order chi connectivity index (χ1) is 8.65. The van der Waals surface area contributed by atoms with Gasteiger partial charge in [-0.15, -0.1) is 11.3 Å². The Kier molecular flexibility index (Phi) is 4.08. The van der Waals surface area contributed by atoms with Crippen molar-refractivity contribution in [1.82, 2.24) is 10.3 Å². The first kappa shape index (κ1) is 13.2. The van der Waals surface area contributed by atoms with Crippen molar-refractivity contribution in [1.29, 1.82) is 0 Å². The molecule has 0 aliphatic rings. The van der Waals surface area contributed by atoms with Crippen LogP contribution < -0.4 is 11.1 Å². The van der Waals surface area contributed by atoms with Gasteiger partial charge in [0.2, 0.25) is 0 Å². The molecule has 2 rings (SSSR count). The molecule has 2 aromatic rings. The van der Waals surface area contributed by atoms with Gasteiger partial charge in [0, 0.05) is 23.9 Å². The lowest BCUT2D eigenvalue weighted by Gasteiger charge is -2.02. The van der Waals surface area contributed by atoms with E-state index in [4.69, 9.17) is 5.73 Å². The number of fused-ring (bicyclic) bond motifs is 1. The van der Waals surface area contributed by atoms with Crippen LogP contribution in [0.2, 0.25) is 0 Å². The van der Waals surface area contributed by atoms with Crippen molar-refractivity contribution in [3.05, 3.63) is 22.7 Å². The summed E-state index contributed by atoms with van der Waals surface area (Å²) < 4.78 is 0. The van der Waals surface area contributed by atoms with Crippen LogP contribution in [0.1, 0.15) is 15.2 Å². The quantitative estimate of drug-likeness (QED) is 0.844. The molecule has 0 atom stereocenters. The summed E-state index contributed by atoms with van der Waals surface area (Å²) in [5, 5.41) is 3.76.